The lowest BCUT2D eigenvalue weighted by molar-refractivity contribution is 0.244. The molecule has 0 aliphatic heterocycles. The third-order valence-corrected chi connectivity index (χ3v) is 6.44. The van der Waals surface area contributed by atoms with Crippen LogP contribution in [0.1, 0.15) is 29.0 Å². The van der Waals surface area contributed by atoms with Crippen molar-refractivity contribution >= 4 is 22.5 Å². The molecule has 0 fully saturated rings. The molecule has 1 aliphatic rings. The van der Waals surface area contributed by atoms with Crippen molar-refractivity contribution in [3.05, 3.63) is 107 Å². The molecule has 4 aromatic carbocycles. The summed E-state index contributed by atoms with van der Waals surface area (Å²) in [6, 6.07) is 25.5. The third-order valence-electron chi connectivity index (χ3n) is 6.44. The summed E-state index contributed by atoms with van der Waals surface area (Å²) in [6.45, 7) is 0. The summed E-state index contributed by atoms with van der Waals surface area (Å²) < 4.78 is 13.9. The molecule has 2 unspecified atom stereocenters. The topological polar surface area (TPSA) is 61.4 Å². The van der Waals surface area contributed by atoms with E-state index in [4.69, 9.17) is 0 Å². The zero-order chi connectivity index (χ0) is 22.8. The molecule has 0 radical (unpaired) electrons. The Bertz CT molecular complexity index is 1310. The summed E-state index contributed by atoms with van der Waals surface area (Å²) in [5.74, 6) is -0.0363. The predicted molar refractivity (Wildman–Crippen MR) is 129 cm³/mol. The number of rotatable bonds is 4. The van der Waals surface area contributed by atoms with Gasteiger partial charge >= 0.3 is 6.03 Å². The number of phenolic OH excluding ortho intramolecular Hbond substituents is 1. The maximum absolute atomic E-state index is 13.9. The number of nitrogens with one attached hydrogen (secondary N) is 2. The van der Waals surface area contributed by atoms with E-state index in [2.05, 4.69) is 22.8 Å². The van der Waals surface area contributed by atoms with Crippen LogP contribution in [0.4, 0.5) is 14.9 Å². The van der Waals surface area contributed by atoms with E-state index in [9.17, 15) is 14.3 Å². The molecule has 3 N–H and O–H groups in total. The van der Waals surface area contributed by atoms with E-state index in [1.54, 1.807) is 18.2 Å². The minimum Gasteiger partial charge on any atom is -0.508 e. The van der Waals surface area contributed by atoms with Gasteiger partial charge in [-0.05, 0) is 71.7 Å². The van der Waals surface area contributed by atoms with Crippen LogP contribution >= 0.6 is 0 Å². The Kier molecular flexibility index (Phi) is 5.69. The highest BCUT2D eigenvalue weighted by Crippen LogP contribution is 2.35. The molecule has 0 bridgehead atoms. The van der Waals surface area contributed by atoms with Crippen LogP contribution in [0.15, 0.2) is 84.9 Å². The van der Waals surface area contributed by atoms with Crippen LogP contribution in [0.25, 0.3) is 10.8 Å². The number of carbonyl (C=O) groups is 1. The summed E-state index contributed by atoms with van der Waals surface area (Å²) >= 11 is 0. The molecule has 0 heterocycles. The van der Waals surface area contributed by atoms with Crippen molar-refractivity contribution in [1.82, 2.24) is 5.32 Å². The maximum atomic E-state index is 13.9. The lowest BCUT2D eigenvalue weighted by atomic mass is 9.76. The van der Waals surface area contributed by atoms with Crippen LogP contribution in [0.5, 0.6) is 5.75 Å². The Labute approximate surface area is 192 Å². The van der Waals surface area contributed by atoms with Crippen molar-refractivity contribution in [3.8, 4) is 5.75 Å². The summed E-state index contributed by atoms with van der Waals surface area (Å²) in [7, 11) is 0. The fraction of sp³-hybridized carbons (Fsp3) is 0.179. The van der Waals surface area contributed by atoms with Crippen LogP contribution < -0.4 is 10.6 Å². The molecule has 4 nitrogen and oxygen atoms in total. The number of carbonyl (C=O) groups excluding carboxylic acids is 1. The van der Waals surface area contributed by atoms with Gasteiger partial charge in [0, 0.05) is 17.3 Å². The van der Waals surface area contributed by atoms with Gasteiger partial charge in [0.05, 0.1) is 5.69 Å². The summed E-state index contributed by atoms with van der Waals surface area (Å²) in [5, 5.41) is 17.7. The smallest absolute Gasteiger partial charge is 0.319 e. The van der Waals surface area contributed by atoms with Crippen LogP contribution in [0, 0.1) is 5.82 Å². The Balaban J connectivity index is 1.40. The molecular formula is C28H25FN2O2. The highest BCUT2D eigenvalue weighted by Gasteiger charge is 2.31. The van der Waals surface area contributed by atoms with Crippen molar-refractivity contribution in [1.29, 1.82) is 0 Å². The van der Waals surface area contributed by atoms with Gasteiger partial charge in [-0.2, -0.15) is 0 Å². The summed E-state index contributed by atoms with van der Waals surface area (Å²) in [4.78, 5) is 13.0. The van der Waals surface area contributed by atoms with Gasteiger partial charge in [0.1, 0.15) is 11.6 Å². The second kappa shape index (κ2) is 8.94. The number of benzene rings is 4. The molecule has 0 saturated heterocycles. The largest absolute Gasteiger partial charge is 0.508 e. The molecule has 0 saturated carbocycles. The van der Waals surface area contributed by atoms with Crippen LogP contribution in [-0.4, -0.2) is 17.2 Å². The van der Waals surface area contributed by atoms with E-state index in [0.29, 0.717) is 12.1 Å². The average molecular weight is 441 g/mol. The molecule has 1 aliphatic carbocycles. The van der Waals surface area contributed by atoms with E-state index in [1.165, 1.54) is 11.6 Å². The van der Waals surface area contributed by atoms with Crippen LogP contribution in [0.2, 0.25) is 0 Å². The van der Waals surface area contributed by atoms with Crippen molar-refractivity contribution in [2.45, 2.75) is 31.2 Å². The third kappa shape index (κ3) is 4.53. The SMILES string of the molecule is O=C(Nc1cccc2ccc(O)cc12)NC1CCc2cc(F)ccc2C1Cc1ccccc1. The summed E-state index contributed by atoms with van der Waals surface area (Å²) in [5.41, 5.74) is 3.92. The minimum absolute atomic E-state index is 0.0408. The zero-order valence-electron chi connectivity index (χ0n) is 18.1. The molecule has 166 valence electrons. The number of hydrogen-bond donors (Lipinski definition) is 3. The van der Waals surface area contributed by atoms with Crippen molar-refractivity contribution in [3.63, 3.8) is 0 Å². The van der Waals surface area contributed by atoms with Gasteiger partial charge < -0.3 is 15.7 Å². The maximum Gasteiger partial charge on any atom is 0.319 e. The van der Waals surface area contributed by atoms with Gasteiger partial charge in [-0.3, -0.25) is 0 Å². The molecule has 2 atom stereocenters. The van der Waals surface area contributed by atoms with Gasteiger partial charge in [-0.1, -0.05) is 54.6 Å². The number of anilines is 1. The van der Waals surface area contributed by atoms with E-state index >= 15 is 0 Å². The Morgan fingerprint density at radius 1 is 0.970 bits per heavy atom. The molecule has 5 rings (SSSR count). The number of phenols is 1. The van der Waals surface area contributed by atoms with Crippen molar-refractivity contribution < 1.29 is 14.3 Å². The van der Waals surface area contributed by atoms with Crippen molar-refractivity contribution in [2.75, 3.05) is 5.32 Å². The fourth-order valence-corrected chi connectivity index (χ4v) is 4.87. The molecule has 5 heteroatoms. The number of hydrogen-bond acceptors (Lipinski definition) is 2. The first-order valence-corrected chi connectivity index (χ1v) is 11.2. The zero-order valence-corrected chi connectivity index (χ0v) is 18.1. The van der Waals surface area contributed by atoms with E-state index in [0.717, 1.165) is 34.7 Å². The number of urea groups is 1. The lowest BCUT2D eigenvalue weighted by Gasteiger charge is -2.34. The van der Waals surface area contributed by atoms with E-state index < -0.39 is 0 Å². The lowest BCUT2D eigenvalue weighted by Crippen LogP contribution is -2.44. The van der Waals surface area contributed by atoms with Gasteiger partial charge in [0.15, 0.2) is 0 Å². The van der Waals surface area contributed by atoms with E-state index in [-0.39, 0.29) is 29.6 Å². The monoisotopic (exact) mass is 440 g/mol. The Hall–Kier alpha value is -3.86. The number of aromatic hydroxyl groups is 1. The quantitative estimate of drug-likeness (QED) is 0.357. The number of halogens is 1. The molecular weight excluding hydrogens is 415 g/mol. The Morgan fingerprint density at radius 3 is 2.67 bits per heavy atom. The number of fused-ring (bicyclic) bond motifs is 2. The van der Waals surface area contributed by atoms with Crippen LogP contribution in [0.3, 0.4) is 0 Å². The second-order valence-electron chi connectivity index (χ2n) is 8.59. The first-order chi connectivity index (χ1) is 16.1. The first kappa shape index (κ1) is 21.0. The molecule has 0 spiro atoms. The van der Waals surface area contributed by atoms with Crippen LogP contribution in [-0.2, 0) is 12.8 Å². The highest BCUT2D eigenvalue weighted by atomic mass is 19.1. The second-order valence-corrected chi connectivity index (χ2v) is 8.59. The minimum atomic E-state index is -0.292. The molecule has 4 aromatic rings. The van der Waals surface area contributed by atoms with E-state index in [1.807, 2.05) is 48.5 Å². The fourth-order valence-electron chi connectivity index (χ4n) is 4.87. The average Bonchev–Trinajstić information content (AvgIpc) is 2.81. The van der Waals surface area contributed by atoms with Crippen molar-refractivity contribution in [2.24, 2.45) is 0 Å². The number of amides is 2. The summed E-state index contributed by atoms with van der Waals surface area (Å²) in [6.07, 6.45) is 2.20. The number of aryl methyl sites for hydroxylation is 1. The molecule has 0 aromatic heterocycles. The molecule has 33 heavy (non-hydrogen) atoms. The van der Waals surface area contributed by atoms with Gasteiger partial charge in [-0.25, -0.2) is 9.18 Å². The highest BCUT2D eigenvalue weighted by molar-refractivity contribution is 6.02. The normalized spacial score (nSPS) is 17.4. The van der Waals surface area contributed by atoms with Gasteiger partial charge in [0.25, 0.3) is 0 Å². The molecule has 2 amide bonds. The predicted octanol–water partition coefficient (Wildman–Crippen LogP) is 6.15. The van der Waals surface area contributed by atoms with Gasteiger partial charge in [0.2, 0.25) is 0 Å². The standard InChI is InChI=1S/C28H25FN2O2/c29-21-11-13-23-20(16-21)10-14-27(25(23)15-18-5-2-1-3-6-18)31-28(33)30-26-8-4-7-19-9-12-22(32)17-24(19)26/h1-9,11-13,16-17,25,27,32H,10,14-15H2,(H2,30,31,33). The Morgan fingerprint density at radius 2 is 1.82 bits per heavy atom. The van der Waals surface area contributed by atoms with Gasteiger partial charge in [-0.15, -0.1) is 0 Å². The first-order valence-electron chi connectivity index (χ1n) is 11.2.